The summed E-state index contributed by atoms with van der Waals surface area (Å²) in [4.78, 5) is 58.4. The molecule has 0 spiro atoms. The Balaban J connectivity index is 0.00000308. The van der Waals surface area contributed by atoms with Crippen LogP contribution in [-0.2, 0) is 51.0 Å². The van der Waals surface area contributed by atoms with Crippen molar-refractivity contribution in [2.24, 2.45) is 5.73 Å². The summed E-state index contributed by atoms with van der Waals surface area (Å²) >= 11 is 0. The van der Waals surface area contributed by atoms with Crippen LogP contribution in [0.4, 0.5) is 0 Å². The lowest BCUT2D eigenvalue weighted by Crippen LogP contribution is -2.55. The van der Waals surface area contributed by atoms with Crippen molar-refractivity contribution in [1.29, 1.82) is 5.41 Å². The topological polar surface area (TPSA) is 267 Å². The van der Waals surface area contributed by atoms with E-state index in [1.165, 1.54) is 0 Å². The number of unbranched alkanes of at least 4 members (excludes halogenated alkanes) is 1. The summed E-state index contributed by atoms with van der Waals surface area (Å²) < 4.78 is 34.3. The summed E-state index contributed by atoms with van der Waals surface area (Å²) in [5.41, 5.74) is 6.60. The van der Waals surface area contributed by atoms with Crippen LogP contribution in [0.2, 0.25) is 0 Å². The van der Waals surface area contributed by atoms with Gasteiger partial charge in [-0.15, -0.1) is 0 Å². The molecule has 2 aromatic rings. The number of nitrogen functional groups attached to an aromatic ring is 1. The SMILES string of the molecule is CC(=O)O.CC(C)(C)OC[C@@H](NS(=O)(=O)Cc1ccccc1)C(=O)N[C@@H](CCCCNC(=O)CCC(=O)O)C(=O)NCc1ccc(C(=N)N)cc1. The maximum Gasteiger partial charge on any atom is 0.303 e. The van der Waals surface area contributed by atoms with Gasteiger partial charge in [0.25, 0.3) is 5.97 Å². The molecule has 0 aliphatic carbocycles. The van der Waals surface area contributed by atoms with Gasteiger partial charge in [-0.2, -0.15) is 0 Å². The lowest BCUT2D eigenvalue weighted by Gasteiger charge is -2.26. The van der Waals surface area contributed by atoms with Gasteiger partial charge >= 0.3 is 5.97 Å². The minimum absolute atomic E-state index is 0.0918. The normalized spacial score (nSPS) is 12.3. The molecule has 0 aromatic heterocycles. The van der Waals surface area contributed by atoms with Gasteiger partial charge in [0.15, 0.2) is 0 Å². The number of amidine groups is 1. The molecule has 0 saturated carbocycles. The zero-order chi connectivity index (χ0) is 38.6. The van der Waals surface area contributed by atoms with E-state index in [1.807, 2.05) is 0 Å². The van der Waals surface area contributed by atoms with Crippen molar-refractivity contribution in [3.05, 3.63) is 71.3 Å². The predicted octanol–water partition coefficient (Wildman–Crippen LogP) is 1.62. The van der Waals surface area contributed by atoms with Crippen LogP contribution in [0.5, 0.6) is 0 Å². The second kappa shape index (κ2) is 22.1. The summed E-state index contributed by atoms with van der Waals surface area (Å²) in [5, 5.41) is 31.8. The fourth-order valence-electron chi connectivity index (χ4n) is 4.21. The highest BCUT2D eigenvalue weighted by Gasteiger charge is 2.30. The summed E-state index contributed by atoms with van der Waals surface area (Å²) in [5.74, 6) is -4.03. The van der Waals surface area contributed by atoms with Gasteiger partial charge in [0.1, 0.15) is 17.9 Å². The second-order valence-electron chi connectivity index (χ2n) is 12.5. The van der Waals surface area contributed by atoms with E-state index in [4.69, 9.17) is 30.9 Å². The van der Waals surface area contributed by atoms with Crippen molar-refractivity contribution < 1.29 is 47.3 Å². The van der Waals surface area contributed by atoms with Crippen LogP contribution < -0.4 is 26.4 Å². The molecule has 3 amide bonds. The fraction of sp³-hybridized carbons (Fsp3) is 0.471. The molecule has 0 heterocycles. The molecule has 0 aliphatic heterocycles. The molecule has 2 atom stereocenters. The van der Waals surface area contributed by atoms with Crippen LogP contribution in [0.1, 0.15) is 76.5 Å². The quantitative estimate of drug-likeness (QED) is 0.0550. The standard InChI is InChI=1S/C32H46N6O8S.C2H4O2/c1-32(2,3)46-20-26(38-47(44,45)21-23-9-5-4-6-10-23)31(43)37-25(11-7-8-18-35-27(39)16-17-28(40)41)30(42)36-19-22-12-14-24(15-13-22)29(33)34;1-2(3)4/h4-6,9-10,12-15,25-26,38H,7-8,11,16-21H2,1-3H3,(H3,33,34)(H,35,39)(H,36,42)(H,37,43)(H,40,41);1H3,(H,3,4)/t25-,26+;/m0./s1. The van der Waals surface area contributed by atoms with E-state index in [9.17, 15) is 27.6 Å². The van der Waals surface area contributed by atoms with Crippen molar-refractivity contribution in [3.63, 3.8) is 0 Å². The zero-order valence-electron chi connectivity index (χ0n) is 29.4. The van der Waals surface area contributed by atoms with E-state index in [1.54, 1.807) is 75.4 Å². The number of aliphatic carboxylic acids is 2. The zero-order valence-corrected chi connectivity index (χ0v) is 30.2. The van der Waals surface area contributed by atoms with Crippen molar-refractivity contribution in [1.82, 2.24) is 20.7 Å². The monoisotopic (exact) mass is 734 g/mol. The lowest BCUT2D eigenvalue weighted by molar-refractivity contribution is -0.139. The molecule has 2 rings (SSSR count). The summed E-state index contributed by atoms with van der Waals surface area (Å²) in [6.45, 7) is 6.44. The highest BCUT2D eigenvalue weighted by atomic mass is 32.2. The van der Waals surface area contributed by atoms with Crippen LogP contribution in [0, 0.1) is 5.41 Å². The van der Waals surface area contributed by atoms with Gasteiger partial charge in [0.2, 0.25) is 27.7 Å². The number of amides is 3. The summed E-state index contributed by atoms with van der Waals surface area (Å²) in [6, 6.07) is 12.8. The molecule has 0 unspecified atom stereocenters. The number of carboxylic acids is 2. The molecule has 282 valence electrons. The van der Waals surface area contributed by atoms with E-state index < -0.39 is 57.4 Å². The van der Waals surface area contributed by atoms with E-state index in [-0.39, 0.29) is 50.5 Å². The van der Waals surface area contributed by atoms with Crippen LogP contribution >= 0.6 is 0 Å². The van der Waals surface area contributed by atoms with Crippen molar-refractivity contribution in [2.45, 2.75) is 89.8 Å². The maximum absolute atomic E-state index is 13.6. The Labute approximate surface area is 298 Å². The molecule has 16 nitrogen and oxygen atoms in total. The number of ether oxygens (including phenoxy) is 1. The molecular weight excluding hydrogens is 684 g/mol. The number of nitrogens with two attached hydrogens (primary N) is 1. The first kappa shape index (κ1) is 44.2. The third-order valence-electron chi connectivity index (χ3n) is 6.69. The van der Waals surface area contributed by atoms with E-state index in [0.29, 0.717) is 24.0 Å². The van der Waals surface area contributed by atoms with Gasteiger partial charge in [-0.1, -0.05) is 54.6 Å². The average Bonchev–Trinajstić information content (AvgIpc) is 3.03. The highest BCUT2D eigenvalue weighted by Crippen LogP contribution is 2.11. The number of hydrogen-bond acceptors (Lipinski definition) is 9. The Hall–Kier alpha value is -4.87. The third kappa shape index (κ3) is 21.1. The van der Waals surface area contributed by atoms with Crippen LogP contribution in [0.3, 0.4) is 0 Å². The molecule has 0 bridgehead atoms. The molecule has 0 radical (unpaired) electrons. The third-order valence-corrected chi connectivity index (χ3v) is 8.05. The number of benzene rings is 2. The van der Waals surface area contributed by atoms with E-state index in [0.717, 1.165) is 12.5 Å². The van der Waals surface area contributed by atoms with Crippen molar-refractivity contribution >= 4 is 45.5 Å². The highest BCUT2D eigenvalue weighted by molar-refractivity contribution is 7.88. The molecule has 0 saturated heterocycles. The molecule has 2 aromatic carbocycles. The number of carbonyl (C=O) groups is 5. The number of hydrogen-bond donors (Lipinski definition) is 8. The van der Waals surface area contributed by atoms with Crippen molar-refractivity contribution in [3.8, 4) is 0 Å². The number of rotatable bonds is 20. The summed E-state index contributed by atoms with van der Waals surface area (Å²) in [7, 11) is -3.99. The first-order chi connectivity index (χ1) is 23.8. The minimum Gasteiger partial charge on any atom is -0.481 e. The lowest BCUT2D eigenvalue weighted by atomic mass is 10.1. The van der Waals surface area contributed by atoms with Gasteiger partial charge in [0, 0.05) is 32.0 Å². The largest absolute Gasteiger partial charge is 0.481 e. The van der Waals surface area contributed by atoms with Gasteiger partial charge in [-0.05, 0) is 51.2 Å². The smallest absolute Gasteiger partial charge is 0.303 e. The average molecular weight is 735 g/mol. The fourth-order valence-corrected chi connectivity index (χ4v) is 5.54. The van der Waals surface area contributed by atoms with Crippen molar-refractivity contribution in [2.75, 3.05) is 13.2 Å². The van der Waals surface area contributed by atoms with Gasteiger partial charge in [0.05, 0.1) is 24.4 Å². The Bertz CT molecular complexity index is 1560. The number of sulfonamides is 1. The Morgan fingerprint density at radius 2 is 1.47 bits per heavy atom. The Morgan fingerprint density at radius 3 is 2.02 bits per heavy atom. The molecule has 0 aliphatic rings. The van der Waals surface area contributed by atoms with E-state index >= 15 is 0 Å². The van der Waals surface area contributed by atoms with Gasteiger partial charge < -0.3 is 36.6 Å². The maximum atomic E-state index is 13.6. The number of carbonyl (C=O) groups excluding carboxylic acids is 3. The molecular formula is C34H50N6O10S. The van der Waals surface area contributed by atoms with Crippen LogP contribution in [-0.4, -0.2) is 85.0 Å². The minimum atomic E-state index is -3.99. The van der Waals surface area contributed by atoms with Crippen LogP contribution in [0.25, 0.3) is 0 Å². The molecule has 17 heteroatoms. The van der Waals surface area contributed by atoms with Gasteiger partial charge in [-0.25, -0.2) is 13.1 Å². The number of nitrogens with one attached hydrogen (secondary N) is 5. The predicted molar refractivity (Wildman–Crippen MR) is 190 cm³/mol. The number of carboxylic acid groups (broad SMARTS) is 2. The Morgan fingerprint density at radius 1 is 0.863 bits per heavy atom. The summed E-state index contributed by atoms with van der Waals surface area (Å²) in [6.07, 6.45) is 0.559. The molecule has 0 fully saturated rings. The molecule has 51 heavy (non-hydrogen) atoms. The second-order valence-corrected chi connectivity index (χ2v) is 14.2. The Kier molecular flexibility index (Phi) is 19.1. The van der Waals surface area contributed by atoms with E-state index in [2.05, 4.69) is 20.7 Å². The van der Waals surface area contributed by atoms with Crippen LogP contribution in [0.15, 0.2) is 54.6 Å². The molecule has 9 N–H and O–H groups in total. The van der Waals surface area contributed by atoms with Gasteiger partial charge in [-0.3, -0.25) is 29.4 Å². The first-order valence-corrected chi connectivity index (χ1v) is 17.8. The first-order valence-electron chi connectivity index (χ1n) is 16.2.